The van der Waals surface area contributed by atoms with Gasteiger partial charge >= 0.3 is 0 Å². The van der Waals surface area contributed by atoms with Crippen molar-refractivity contribution < 1.29 is 14.2 Å². The van der Waals surface area contributed by atoms with Crippen LogP contribution in [0.5, 0.6) is 0 Å². The maximum atomic E-state index is 13.0. The fourth-order valence-electron chi connectivity index (χ4n) is 4.14. The molecule has 0 aliphatic carbocycles. The van der Waals surface area contributed by atoms with Gasteiger partial charge in [0.05, 0.1) is 0 Å². The summed E-state index contributed by atoms with van der Waals surface area (Å²) in [6, 6.07) is 15.1. The number of rotatable bonds is 4. The molecule has 0 radical (unpaired) electrons. The van der Waals surface area contributed by atoms with Gasteiger partial charge in [0.15, 0.2) is 11.6 Å². The Morgan fingerprint density at radius 1 is 0.533 bits per heavy atom. The van der Waals surface area contributed by atoms with Crippen molar-refractivity contribution in [3.05, 3.63) is 104 Å². The molecular weight excluding hydrogens is 391 g/mol. The molecule has 0 spiro atoms. The largest absolute Gasteiger partial charge is 0.289 e. The van der Waals surface area contributed by atoms with Gasteiger partial charge in [-0.25, -0.2) is 0 Å². The predicted octanol–water partition coefficient (Wildman–Crippen LogP) is 6.47. The van der Waals surface area contributed by atoms with Crippen molar-refractivity contribution in [2.75, 3.05) is 0 Å². The summed E-state index contributed by atoms with van der Waals surface area (Å²) in [6.07, 6.45) is 0. The highest BCUT2D eigenvalue weighted by Gasteiger charge is 2.18. The summed E-state index contributed by atoms with van der Waals surface area (Å²) in [5.41, 5.74) is 8.91. The van der Waals surface area contributed by atoms with E-state index in [4.69, 9.17) is 4.57 Å². The standard InChI is InChI=1S/C26H26O2.HOP/c1-15-11-17(3)23(18(4)12-15)25(27)21-7-9-22(10-8-21)26(28)24-19(5)13-16(2)14-20(24)6;1-2/h7-14H,1-6H3;2H. The molecule has 0 aliphatic rings. The van der Waals surface area contributed by atoms with Crippen LogP contribution >= 0.6 is 9.12 Å². The molecule has 0 aromatic heterocycles. The lowest BCUT2D eigenvalue weighted by Gasteiger charge is -2.12. The predicted molar refractivity (Wildman–Crippen MR) is 124 cm³/mol. The summed E-state index contributed by atoms with van der Waals surface area (Å²) in [7, 11) is 1.72. The molecular formula is C26H27O3P. The summed E-state index contributed by atoms with van der Waals surface area (Å²) >= 11 is 0. The van der Waals surface area contributed by atoms with Crippen molar-refractivity contribution in [1.82, 2.24) is 0 Å². The Labute approximate surface area is 180 Å². The lowest BCUT2D eigenvalue weighted by Crippen LogP contribution is -2.09. The lowest BCUT2D eigenvalue weighted by atomic mass is 9.90. The fourth-order valence-corrected chi connectivity index (χ4v) is 4.14. The number of aryl methyl sites for hydroxylation is 6. The summed E-state index contributed by atoms with van der Waals surface area (Å²) in [5.74, 6) is -0.00612. The molecule has 3 rings (SSSR count). The van der Waals surface area contributed by atoms with Gasteiger partial charge < -0.3 is 0 Å². The Morgan fingerprint density at radius 2 is 0.767 bits per heavy atom. The highest BCUT2D eigenvalue weighted by atomic mass is 31.0. The molecule has 0 fully saturated rings. The Balaban J connectivity index is 0.00000155. The van der Waals surface area contributed by atoms with Gasteiger partial charge in [0.25, 0.3) is 0 Å². The Hall–Kier alpha value is -2.90. The van der Waals surface area contributed by atoms with E-state index in [1.165, 1.54) is 0 Å². The summed E-state index contributed by atoms with van der Waals surface area (Å²) < 4.78 is 8.06. The zero-order valence-corrected chi connectivity index (χ0v) is 19.3. The minimum absolute atomic E-state index is 0.00306. The summed E-state index contributed by atoms with van der Waals surface area (Å²) in [5, 5.41) is 0. The molecule has 0 unspecified atom stereocenters. The highest BCUT2D eigenvalue weighted by Crippen LogP contribution is 2.23. The van der Waals surface area contributed by atoms with Gasteiger partial charge in [0.2, 0.25) is 0 Å². The van der Waals surface area contributed by atoms with Gasteiger partial charge in [-0.15, -0.1) is 0 Å². The van der Waals surface area contributed by atoms with Crippen LogP contribution in [0.4, 0.5) is 0 Å². The zero-order valence-electron chi connectivity index (χ0n) is 18.3. The third kappa shape index (κ3) is 4.80. The first kappa shape index (κ1) is 23.4. The smallest absolute Gasteiger partial charge is 0.193 e. The van der Waals surface area contributed by atoms with Crippen molar-refractivity contribution in [3.63, 3.8) is 0 Å². The topological polar surface area (TPSA) is 51.2 Å². The quantitative estimate of drug-likeness (QED) is 0.360. The SMILES string of the molecule is Cc1cc(C)c(C(=O)c2ccc(C(=O)c3c(C)cc(C)cc3C)cc2)c(C)c1.O=P. The van der Waals surface area contributed by atoms with Crippen LogP contribution in [0.25, 0.3) is 0 Å². The zero-order chi connectivity index (χ0) is 22.6. The first-order valence-electron chi connectivity index (χ1n) is 9.74. The van der Waals surface area contributed by atoms with Gasteiger partial charge in [0.1, 0.15) is 9.12 Å². The van der Waals surface area contributed by atoms with Gasteiger partial charge in [0, 0.05) is 22.3 Å². The second kappa shape index (κ2) is 9.73. The summed E-state index contributed by atoms with van der Waals surface area (Å²) in [4.78, 5) is 26.0. The first-order chi connectivity index (χ1) is 14.2. The van der Waals surface area contributed by atoms with Crippen molar-refractivity contribution in [2.24, 2.45) is 0 Å². The number of ketones is 2. The molecule has 30 heavy (non-hydrogen) atoms. The third-order valence-corrected chi connectivity index (χ3v) is 5.22. The van der Waals surface area contributed by atoms with Crippen LogP contribution < -0.4 is 0 Å². The molecule has 0 saturated heterocycles. The Kier molecular flexibility index (Phi) is 7.59. The third-order valence-electron chi connectivity index (χ3n) is 5.22. The van der Waals surface area contributed by atoms with E-state index in [0.29, 0.717) is 11.1 Å². The number of benzene rings is 3. The minimum atomic E-state index is -0.00306. The Morgan fingerprint density at radius 3 is 1.00 bits per heavy atom. The molecule has 0 N–H and O–H groups in total. The number of carbonyl (C=O) groups is 2. The fraction of sp³-hybridized carbons (Fsp3) is 0.231. The van der Waals surface area contributed by atoms with E-state index in [-0.39, 0.29) is 11.6 Å². The molecule has 0 aliphatic heterocycles. The average Bonchev–Trinajstić information content (AvgIpc) is 2.68. The minimum Gasteiger partial charge on any atom is -0.289 e. The normalized spacial score (nSPS) is 10.2. The van der Waals surface area contributed by atoms with Crippen molar-refractivity contribution in [2.45, 2.75) is 41.5 Å². The van der Waals surface area contributed by atoms with Crippen LogP contribution in [0.1, 0.15) is 65.2 Å². The van der Waals surface area contributed by atoms with Gasteiger partial charge in [-0.2, -0.15) is 0 Å². The lowest BCUT2D eigenvalue weighted by molar-refractivity contribution is 0.102. The molecule has 0 saturated carbocycles. The average molecular weight is 418 g/mol. The van der Waals surface area contributed by atoms with E-state index in [9.17, 15) is 9.59 Å². The van der Waals surface area contributed by atoms with Crippen molar-refractivity contribution in [3.8, 4) is 0 Å². The first-order valence-corrected chi connectivity index (χ1v) is 10.2. The van der Waals surface area contributed by atoms with E-state index in [1.807, 2.05) is 65.8 Å². The van der Waals surface area contributed by atoms with Crippen LogP contribution in [0.2, 0.25) is 0 Å². The molecule has 0 heterocycles. The molecule has 3 aromatic carbocycles. The van der Waals surface area contributed by atoms with Crippen LogP contribution in [-0.2, 0) is 4.57 Å². The van der Waals surface area contributed by atoms with Gasteiger partial charge in [-0.05, 0) is 63.8 Å². The molecule has 0 atom stereocenters. The molecule has 3 aromatic rings. The second-order valence-corrected chi connectivity index (χ2v) is 7.78. The van der Waals surface area contributed by atoms with E-state index >= 15 is 0 Å². The van der Waals surface area contributed by atoms with Crippen LogP contribution in [0, 0.1) is 41.5 Å². The maximum Gasteiger partial charge on any atom is 0.193 e. The van der Waals surface area contributed by atoms with E-state index < -0.39 is 0 Å². The van der Waals surface area contributed by atoms with Crippen molar-refractivity contribution in [1.29, 1.82) is 0 Å². The van der Waals surface area contributed by atoms with Gasteiger partial charge in [-0.3, -0.25) is 14.2 Å². The van der Waals surface area contributed by atoms with Crippen LogP contribution in [0.3, 0.4) is 0 Å². The molecule has 4 heteroatoms. The number of hydrogen-bond donors (Lipinski definition) is 0. The number of carbonyl (C=O) groups excluding carboxylic acids is 2. The molecule has 0 amide bonds. The van der Waals surface area contributed by atoms with Crippen LogP contribution in [-0.4, -0.2) is 11.6 Å². The highest BCUT2D eigenvalue weighted by molar-refractivity contribution is 7.00. The maximum absolute atomic E-state index is 13.0. The monoisotopic (exact) mass is 418 g/mol. The van der Waals surface area contributed by atoms with Crippen LogP contribution in [0.15, 0.2) is 48.5 Å². The Bertz CT molecular complexity index is 977. The molecule has 0 bridgehead atoms. The van der Waals surface area contributed by atoms with E-state index in [2.05, 4.69) is 0 Å². The summed E-state index contributed by atoms with van der Waals surface area (Å²) in [6.45, 7) is 11.9. The molecule has 154 valence electrons. The van der Waals surface area contributed by atoms with E-state index in [0.717, 1.165) is 44.5 Å². The number of hydrogen-bond acceptors (Lipinski definition) is 3. The molecule has 3 nitrogen and oxygen atoms in total. The van der Waals surface area contributed by atoms with E-state index in [1.54, 1.807) is 33.4 Å². The second-order valence-electron chi connectivity index (χ2n) is 7.78. The van der Waals surface area contributed by atoms with Crippen molar-refractivity contribution >= 4 is 20.7 Å². The van der Waals surface area contributed by atoms with Gasteiger partial charge in [-0.1, -0.05) is 59.7 Å².